The van der Waals surface area contributed by atoms with Gasteiger partial charge in [-0.15, -0.1) is 11.3 Å². The van der Waals surface area contributed by atoms with Crippen molar-refractivity contribution < 1.29 is 12.8 Å². The Hall–Kier alpha value is -1.24. The van der Waals surface area contributed by atoms with Crippen LogP contribution in [0, 0.1) is 5.82 Å². The average molecular weight is 339 g/mol. The van der Waals surface area contributed by atoms with Gasteiger partial charge in [-0.1, -0.05) is 18.2 Å². The maximum Gasteiger partial charge on any atom is 0.151 e. The molecule has 1 aromatic heterocycles. The van der Waals surface area contributed by atoms with Crippen molar-refractivity contribution in [3.8, 4) is 0 Å². The second-order valence-electron chi connectivity index (χ2n) is 5.67. The molecule has 1 aliphatic heterocycles. The van der Waals surface area contributed by atoms with Crippen molar-refractivity contribution >= 4 is 21.2 Å². The van der Waals surface area contributed by atoms with Gasteiger partial charge in [-0.25, -0.2) is 12.8 Å². The average Bonchev–Trinajstić information content (AvgIpc) is 3.10. The molecule has 0 N–H and O–H groups in total. The lowest BCUT2D eigenvalue weighted by molar-refractivity contribution is 0.196. The SMILES string of the molecule is O=S1(=O)CC[C@H](N(Cc2ccc(F)cc2)Cc2cccs2)C1. The van der Waals surface area contributed by atoms with Gasteiger partial charge in [-0.05, 0) is 35.6 Å². The van der Waals surface area contributed by atoms with E-state index in [2.05, 4.69) is 11.0 Å². The van der Waals surface area contributed by atoms with E-state index in [9.17, 15) is 12.8 Å². The molecule has 0 spiro atoms. The molecule has 1 aliphatic rings. The zero-order valence-electron chi connectivity index (χ0n) is 12.1. The summed E-state index contributed by atoms with van der Waals surface area (Å²) in [5.74, 6) is 0.235. The van der Waals surface area contributed by atoms with Crippen LogP contribution in [0.4, 0.5) is 4.39 Å². The summed E-state index contributed by atoms with van der Waals surface area (Å²) < 4.78 is 36.6. The lowest BCUT2D eigenvalue weighted by Crippen LogP contribution is -2.35. The highest BCUT2D eigenvalue weighted by Crippen LogP contribution is 2.23. The van der Waals surface area contributed by atoms with Crippen LogP contribution in [-0.4, -0.2) is 30.9 Å². The molecule has 0 bridgehead atoms. The lowest BCUT2D eigenvalue weighted by atomic mass is 10.1. The second-order valence-corrected chi connectivity index (χ2v) is 8.93. The fraction of sp³-hybridized carbons (Fsp3) is 0.375. The zero-order valence-corrected chi connectivity index (χ0v) is 13.7. The van der Waals surface area contributed by atoms with Crippen molar-refractivity contribution in [2.45, 2.75) is 25.6 Å². The molecule has 0 amide bonds. The highest BCUT2D eigenvalue weighted by Gasteiger charge is 2.32. The first kappa shape index (κ1) is 15.6. The van der Waals surface area contributed by atoms with E-state index in [4.69, 9.17) is 0 Å². The van der Waals surface area contributed by atoms with Crippen LogP contribution < -0.4 is 0 Å². The highest BCUT2D eigenvalue weighted by atomic mass is 32.2. The Morgan fingerprint density at radius 1 is 1.18 bits per heavy atom. The van der Waals surface area contributed by atoms with Crippen molar-refractivity contribution in [1.29, 1.82) is 0 Å². The summed E-state index contributed by atoms with van der Waals surface area (Å²) in [5, 5.41) is 2.02. The van der Waals surface area contributed by atoms with Crippen LogP contribution in [0.5, 0.6) is 0 Å². The normalized spacial score (nSPS) is 20.5. The maximum absolute atomic E-state index is 13.0. The van der Waals surface area contributed by atoms with E-state index < -0.39 is 9.84 Å². The number of rotatable bonds is 5. The Morgan fingerprint density at radius 3 is 2.55 bits per heavy atom. The van der Waals surface area contributed by atoms with Crippen LogP contribution in [0.25, 0.3) is 0 Å². The number of benzene rings is 1. The Kier molecular flexibility index (Phi) is 4.61. The third kappa shape index (κ3) is 3.94. The van der Waals surface area contributed by atoms with Gasteiger partial charge < -0.3 is 0 Å². The van der Waals surface area contributed by atoms with E-state index in [1.807, 2.05) is 11.4 Å². The zero-order chi connectivity index (χ0) is 15.6. The van der Waals surface area contributed by atoms with Gasteiger partial charge in [0.2, 0.25) is 0 Å². The summed E-state index contributed by atoms with van der Waals surface area (Å²) in [7, 11) is -2.92. The van der Waals surface area contributed by atoms with Gasteiger partial charge in [0.1, 0.15) is 5.82 Å². The molecule has 1 saturated heterocycles. The topological polar surface area (TPSA) is 37.4 Å². The largest absolute Gasteiger partial charge is 0.290 e. The number of halogens is 1. The molecule has 3 rings (SSSR count). The molecular formula is C16H18FNO2S2. The summed E-state index contributed by atoms with van der Waals surface area (Å²) in [6, 6.07) is 10.5. The number of nitrogens with zero attached hydrogens (tertiary/aromatic N) is 1. The van der Waals surface area contributed by atoms with Crippen LogP contribution in [0.3, 0.4) is 0 Å². The molecule has 1 atom stereocenters. The van der Waals surface area contributed by atoms with E-state index in [1.165, 1.54) is 17.0 Å². The predicted molar refractivity (Wildman–Crippen MR) is 87.0 cm³/mol. The van der Waals surface area contributed by atoms with Crippen molar-refractivity contribution in [3.05, 3.63) is 58.0 Å². The molecule has 2 aromatic rings. The molecule has 0 aliphatic carbocycles. The second kappa shape index (κ2) is 6.48. The van der Waals surface area contributed by atoms with Crippen molar-refractivity contribution in [2.75, 3.05) is 11.5 Å². The van der Waals surface area contributed by atoms with Crippen molar-refractivity contribution in [2.24, 2.45) is 0 Å². The van der Waals surface area contributed by atoms with Gasteiger partial charge in [-0.3, -0.25) is 4.90 Å². The predicted octanol–water partition coefficient (Wildman–Crippen LogP) is 3.08. The molecule has 0 saturated carbocycles. The summed E-state index contributed by atoms with van der Waals surface area (Å²) in [5.41, 5.74) is 1.00. The molecule has 3 nitrogen and oxygen atoms in total. The van der Waals surface area contributed by atoms with Gasteiger partial charge in [0.05, 0.1) is 11.5 Å². The highest BCUT2D eigenvalue weighted by molar-refractivity contribution is 7.91. The number of hydrogen-bond donors (Lipinski definition) is 0. The van der Waals surface area contributed by atoms with Crippen LogP contribution in [0.1, 0.15) is 16.9 Å². The monoisotopic (exact) mass is 339 g/mol. The first-order valence-corrected chi connectivity index (χ1v) is 9.93. The van der Waals surface area contributed by atoms with Gasteiger partial charge in [0.25, 0.3) is 0 Å². The van der Waals surface area contributed by atoms with E-state index >= 15 is 0 Å². The summed E-state index contributed by atoms with van der Waals surface area (Å²) in [4.78, 5) is 3.41. The van der Waals surface area contributed by atoms with E-state index in [1.54, 1.807) is 23.5 Å². The van der Waals surface area contributed by atoms with E-state index in [0.29, 0.717) is 13.0 Å². The first-order chi connectivity index (χ1) is 10.5. The molecule has 2 heterocycles. The Balaban J connectivity index is 1.78. The molecule has 0 radical (unpaired) electrons. The fourth-order valence-corrected chi connectivity index (χ4v) is 5.30. The van der Waals surface area contributed by atoms with Crippen LogP contribution >= 0.6 is 11.3 Å². The minimum Gasteiger partial charge on any atom is -0.290 e. The molecule has 22 heavy (non-hydrogen) atoms. The third-order valence-corrected chi connectivity index (χ3v) is 6.57. The third-order valence-electron chi connectivity index (χ3n) is 3.96. The molecule has 0 unspecified atom stereocenters. The van der Waals surface area contributed by atoms with E-state index in [0.717, 1.165) is 12.1 Å². The lowest BCUT2D eigenvalue weighted by Gasteiger charge is -2.27. The number of thiophene rings is 1. The minimum absolute atomic E-state index is 0.0390. The summed E-state index contributed by atoms with van der Waals surface area (Å²) >= 11 is 1.67. The molecule has 1 fully saturated rings. The Morgan fingerprint density at radius 2 is 1.95 bits per heavy atom. The van der Waals surface area contributed by atoms with Crippen LogP contribution in [-0.2, 0) is 22.9 Å². The van der Waals surface area contributed by atoms with Gasteiger partial charge in [0.15, 0.2) is 9.84 Å². The summed E-state index contributed by atoms with van der Waals surface area (Å²) in [6.07, 6.45) is 0.675. The van der Waals surface area contributed by atoms with E-state index in [-0.39, 0.29) is 23.4 Å². The Bertz CT molecular complexity index is 711. The van der Waals surface area contributed by atoms with Gasteiger partial charge >= 0.3 is 0 Å². The molecule has 1 aromatic carbocycles. The fourth-order valence-electron chi connectivity index (χ4n) is 2.80. The van der Waals surface area contributed by atoms with Crippen molar-refractivity contribution in [3.63, 3.8) is 0 Å². The molecule has 118 valence electrons. The van der Waals surface area contributed by atoms with Gasteiger partial charge in [0, 0.05) is 24.0 Å². The van der Waals surface area contributed by atoms with Crippen molar-refractivity contribution in [1.82, 2.24) is 4.90 Å². The smallest absolute Gasteiger partial charge is 0.151 e. The van der Waals surface area contributed by atoms with Crippen LogP contribution in [0.2, 0.25) is 0 Å². The quantitative estimate of drug-likeness (QED) is 0.840. The number of hydrogen-bond acceptors (Lipinski definition) is 4. The Labute approximate surface area is 134 Å². The van der Waals surface area contributed by atoms with Crippen LogP contribution in [0.15, 0.2) is 41.8 Å². The van der Waals surface area contributed by atoms with Gasteiger partial charge in [-0.2, -0.15) is 0 Å². The summed E-state index contributed by atoms with van der Waals surface area (Å²) in [6.45, 7) is 1.37. The first-order valence-electron chi connectivity index (χ1n) is 7.23. The standard InChI is InChI=1S/C16H18FNO2S2/c17-14-5-3-13(4-6-14)10-18(11-16-2-1-8-21-16)15-7-9-22(19,20)12-15/h1-6,8,15H,7,9-12H2/t15-/m0/s1. The maximum atomic E-state index is 13.0. The molecule has 6 heteroatoms. The molecular weight excluding hydrogens is 321 g/mol. The minimum atomic E-state index is -2.92. The number of sulfone groups is 1.